The van der Waals surface area contributed by atoms with Gasteiger partial charge in [0.05, 0.1) is 5.56 Å². The highest BCUT2D eigenvalue weighted by molar-refractivity contribution is 6.14. The quantitative estimate of drug-likeness (QED) is 0.434. The summed E-state index contributed by atoms with van der Waals surface area (Å²) in [7, 11) is 0. The summed E-state index contributed by atoms with van der Waals surface area (Å²) in [5.74, 6) is -0.692. The second kappa shape index (κ2) is 8.22. The SMILES string of the molecule is CC(C)(C)c1ccc(COC(=O)c2ccccc2C(=O)c2ccccc2)cc1. The third-order valence-electron chi connectivity index (χ3n) is 4.62. The van der Waals surface area contributed by atoms with Crippen LogP contribution in [0.25, 0.3) is 0 Å². The van der Waals surface area contributed by atoms with Gasteiger partial charge in [-0.05, 0) is 22.6 Å². The van der Waals surface area contributed by atoms with Gasteiger partial charge in [-0.3, -0.25) is 4.79 Å². The first kappa shape index (κ1) is 19.6. The van der Waals surface area contributed by atoms with E-state index in [1.807, 2.05) is 18.2 Å². The van der Waals surface area contributed by atoms with E-state index < -0.39 is 5.97 Å². The second-order valence-electron chi connectivity index (χ2n) is 7.76. The lowest BCUT2D eigenvalue weighted by Crippen LogP contribution is -2.13. The van der Waals surface area contributed by atoms with Crippen LogP contribution in [0.3, 0.4) is 0 Å². The predicted octanol–water partition coefficient (Wildman–Crippen LogP) is 5.57. The lowest BCUT2D eigenvalue weighted by Gasteiger charge is -2.19. The molecule has 0 saturated heterocycles. The summed E-state index contributed by atoms with van der Waals surface area (Å²) in [6.07, 6.45) is 0. The maximum absolute atomic E-state index is 12.8. The second-order valence-corrected chi connectivity index (χ2v) is 7.76. The molecule has 3 aromatic carbocycles. The van der Waals surface area contributed by atoms with E-state index in [0.717, 1.165) is 5.56 Å². The summed E-state index contributed by atoms with van der Waals surface area (Å²) in [5.41, 5.74) is 3.38. The summed E-state index contributed by atoms with van der Waals surface area (Å²) in [6, 6.07) is 23.7. The van der Waals surface area contributed by atoms with E-state index in [0.29, 0.717) is 11.1 Å². The van der Waals surface area contributed by atoms with Gasteiger partial charge < -0.3 is 4.74 Å². The van der Waals surface area contributed by atoms with Gasteiger partial charge in [0, 0.05) is 11.1 Å². The Labute approximate surface area is 166 Å². The molecule has 0 saturated carbocycles. The Morgan fingerprint density at radius 3 is 1.93 bits per heavy atom. The summed E-state index contributed by atoms with van der Waals surface area (Å²) >= 11 is 0. The maximum atomic E-state index is 12.8. The molecule has 0 fully saturated rings. The molecular weight excluding hydrogens is 348 g/mol. The van der Waals surface area contributed by atoms with Crippen LogP contribution in [0.5, 0.6) is 0 Å². The average Bonchev–Trinajstić information content (AvgIpc) is 2.72. The van der Waals surface area contributed by atoms with Crippen molar-refractivity contribution in [1.29, 1.82) is 0 Å². The molecule has 0 amide bonds. The highest BCUT2D eigenvalue weighted by Gasteiger charge is 2.19. The molecule has 3 heteroatoms. The van der Waals surface area contributed by atoms with Crippen LogP contribution in [-0.4, -0.2) is 11.8 Å². The summed E-state index contributed by atoms with van der Waals surface area (Å²) < 4.78 is 5.48. The number of esters is 1. The summed E-state index contributed by atoms with van der Waals surface area (Å²) in [5, 5.41) is 0. The molecule has 0 heterocycles. The zero-order valence-electron chi connectivity index (χ0n) is 16.4. The molecule has 0 radical (unpaired) electrons. The van der Waals surface area contributed by atoms with Crippen LogP contribution in [0.2, 0.25) is 0 Å². The van der Waals surface area contributed by atoms with Gasteiger partial charge in [0.15, 0.2) is 5.78 Å². The molecule has 0 bridgehead atoms. The fraction of sp³-hybridized carbons (Fsp3) is 0.200. The van der Waals surface area contributed by atoms with Crippen LogP contribution < -0.4 is 0 Å². The van der Waals surface area contributed by atoms with Crippen molar-refractivity contribution in [3.05, 3.63) is 107 Å². The van der Waals surface area contributed by atoms with Crippen molar-refractivity contribution < 1.29 is 14.3 Å². The Balaban J connectivity index is 1.74. The van der Waals surface area contributed by atoms with Gasteiger partial charge in [-0.25, -0.2) is 4.79 Å². The number of ether oxygens (including phenoxy) is 1. The van der Waals surface area contributed by atoms with Crippen molar-refractivity contribution in [1.82, 2.24) is 0 Å². The molecule has 0 aromatic heterocycles. The van der Waals surface area contributed by atoms with Crippen molar-refractivity contribution in [2.75, 3.05) is 0 Å². The molecule has 0 aliphatic carbocycles. The number of carbonyl (C=O) groups is 2. The molecular formula is C25H24O3. The Hall–Kier alpha value is -3.20. The van der Waals surface area contributed by atoms with Crippen LogP contribution in [0.4, 0.5) is 0 Å². The van der Waals surface area contributed by atoms with Gasteiger partial charge >= 0.3 is 5.97 Å². The highest BCUT2D eigenvalue weighted by atomic mass is 16.5. The molecule has 28 heavy (non-hydrogen) atoms. The first-order valence-electron chi connectivity index (χ1n) is 9.31. The van der Waals surface area contributed by atoms with E-state index in [9.17, 15) is 9.59 Å². The van der Waals surface area contributed by atoms with Crippen molar-refractivity contribution in [2.24, 2.45) is 0 Å². The summed E-state index contributed by atoms with van der Waals surface area (Å²) in [4.78, 5) is 25.4. The van der Waals surface area contributed by atoms with Gasteiger partial charge in [-0.2, -0.15) is 0 Å². The molecule has 0 unspecified atom stereocenters. The molecule has 3 rings (SSSR count). The number of benzene rings is 3. The fourth-order valence-electron chi connectivity index (χ4n) is 2.93. The third kappa shape index (κ3) is 4.55. The molecule has 0 spiro atoms. The summed E-state index contributed by atoms with van der Waals surface area (Å²) in [6.45, 7) is 6.63. The first-order chi connectivity index (χ1) is 13.4. The lowest BCUT2D eigenvalue weighted by atomic mass is 9.87. The molecule has 0 atom stereocenters. The Morgan fingerprint density at radius 1 is 0.750 bits per heavy atom. The third-order valence-corrected chi connectivity index (χ3v) is 4.62. The van der Waals surface area contributed by atoms with E-state index in [-0.39, 0.29) is 23.4 Å². The van der Waals surface area contributed by atoms with E-state index in [2.05, 4.69) is 32.9 Å². The van der Waals surface area contributed by atoms with Crippen LogP contribution in [-0.2, 0) is 16.8 Å². The molecule has 142 valence electrons. The maximum Gasteiger partial charge on any atom is 0.339 e. The van der Waals surface area contributed by atoms with Crippen LogP contribution in [0.1, 0.15) is 58.2 Å². The normalized spacial score (nSPS) is 11.1. The number of hydrogen-bond acceptors (Lipinski definition) is 3. The number of hydrogen-bond donors (Lipinski definition) is 0. The molecule has 3 aromatic rings. The van der Waals surface area contributed by atoms with Crippen molar-refractivity contribution in [2.45, 2.75) is 32.8 Å². The number of carbonyl (C=O) groups excluding carboxylic acids is 2. The molecule has 0 N–H and O–H groups in total. The van der Waals surface area contributed by atoms with Gasteiger partial charge in [-0.15, -0.1) is 0 Å². The zero-order chi connectivity index (χ0) is 20.1. The van der Waals surface area contributed by atoms with E-state index >= 15 is 0 Å². The molecule has 0 aliphatic rings. The number of ketones is 1. The first-order valence-corrected chi connectivity index (χ1v) is 9.31. The van der Waals surface area contributed by atoms with Gasteiger partial charge in [0.2, 0.25) is 0 Å². The van der Waals surface area contributed by atoms with Gasteiger partial charge in [0.1, 0.15) is 6.61 Å². The minimum atomic E-state index is -0.500. The largest absolute Gasteiger partial charge is 0.457 e. The van der Waals surface area contributed by atoms with E-state index in [4.69, 9.17) is 4.74 Å². The Morgan fingerprint density at radius 2 is 1.32 bits per heavy atom. The smallest absolute Gasteiger partial charge is 0.339 e. The molecule has 3 nitrogen and oxygen atoms in total. The van der Waals surface area contributed by atoms with Gasteiger partial charge in [-0.1, -0.05) is 93.6 Å². The minimum absolute atomic E-state index is 0.0753. The standard InChI is InChI=1S/C25H24O3/c1-25(2,3)20-15-13-18(14-16-20)17-28-24(27)22-12-8-7-11-21(22)23(26)19-9-5-4-6-10-19/h4-16H,17H2,1-3H3. The number of rotatable bonds is 5. The average molecular weight is 372 g/mol. The van der Waals surface area contributed by atoms with E-state index in [1.165, 1.54) is 5.56 Å². The zero-order valence-corrected chi connectivity index (χ0v) is 16.4. The predicted molar refractivity (Wildman–Crippen MR) is 111 cm³/mol. The van der Waals surface area contributed by atoms with Crippen LogP contribution in [0.15, 0.2) is 78.9 Å². The van der Waals surface area contributed by atoms with Crippen molar-refractivity contribution >= 4 is 11.8 Å². The van der Waals surface area contributed by atoms with E-state index in [1.54, 1.807) is 48.5 Å². The van der Waals surface area contributed by atoms with Gasteiger partial charge in [0.25, 0.3) is 0 Å². The van der Waals surface area contributed by atoms with Crippen molar-refractivity contribution in [3.8, 4) is 0 Å². The minimum Gasteiger partial charge on any atom is -0.457 e. The lowest BCUT2D eigenvalue weighted by molar-refractivity contribution is 0.0470. The Kier molecular flexibility index (Phi) is 5.74. The monoisotopic (exact) mass is 372 g/mol. The fourth-order valence-corrected chi connectivity index (χ4v) is 2.93. The van der Waals surface area contributed by atoms with Crippen molar-refractivity contribution in [3.63, 3.8) is 0 Å². The van der Waals surface area contributed by atoms with Crippen LogP contribution in [0, 0.1) is 0 Å². The van der Waals surface area contributed by atoms with Crippen LogP contribution >= 0.6 is 0 Å². The molecule has 0 aliphatic heterocycles. The topological polar surface area (TPSA) is 43.4 Å². The Bertz CT molecular complexity index is 965. The highest BCUT2D eigenvalue weighted by Crippen LogP contribution is 2.22.